The van der Waals surface area contributed by atoms with Crippen molar-refractivity contribution < 1.29 is 0 Å². The van der Waals surface area contributed by atoms with Gasteiger partial charge in [0.1, 0.15) is 0 Å². The second-order valence-electron chi connectivity index (χ2n) is 11.2. The number of hydrogen-bond donors (Lipinski definition) is 0. The van der Waals surface area contributed by atoms with E-state index in [-0.39, 0.29) is 0 Å². The molecule has 1 heterocycles. The number of nitrogens with zero attached hydrogens (tertiary/aromatic N) is 3. The van der Waals surface area contributed by atoms with Gasteiger partial charge >= 0.3 is 0 Å². The second-order valence-corrected chi connectivity index (χ2v) is 11.2. The van der Waals surface area contributed by atoms with Gasteiger partial charge in [0.25, 0.3) is 0 Å². The fourth-order valence-electron chi connectivity index (χ4n) is 7.45. The van der Waals surface area contributed by atoms with Crippen LogP contribution in [0.2, 0.25) is 0 Å². The molecule has 0 bridgehead atoms. The van der Waals surface area contributed by atoms with Crippen LogP contribution in [0.15, 0.2) is 140 Å². The van der Waals surface area contributed by atoms with Crippen LogP contribution in [0.3, 0.4) is 0 Å². The molecule has 0 radical (unpaired) electrons. The van der Waals surface area contributed by atoms with Crippen LogP contribution >= 0.6 is 0 Å². The Hall–Kier alpha value is -5.85. The van der Waals surface area contributed by atoms with E-state index in [4.69, 9.17) is 9.97 Å². The summed E-state index contributed by atoms with van der Waals surface area (Å²) in [5.74, 6) is 0.696. The maximum Gasteiger partial charge on any atom is 0.161 e. The third-order valence-corrected chi connectivity index (χ3v) is 9.15. The fourth-order valence-corrected chi connectivity index (χ4v) is 7.45. The first-order valence-electron chi connectivity index (χ1n) is 14.5. The van der Waals surface area contributed by atoms with E-state index in [9.17, 15) is 5.26 Å². The van der Waals surface area contributed by atoms with E-state index < -0.39 is 5.41 Å². The quantitative estimate of drug-likeness (QED) is 0.218. The second kappa shape index (κ2) is 8.82. The van der Waals surface area contributed by atoms with E-state index in [0.29, 0.717) is 11.4 Å². The molecule has 198 valence electrons. The molecule has 1 aromatic heterocycles. The zero-order chi connectivity index (χ0) is 28.5. The molecule has 0 saturated heterocycles. The number of nitriles is 1. The Labute approximate surface area is 249 Å². The van der Waals surface area contributed by atoms with E-state index in [1.165, 1.54) is 44.5 Å². The Balaban J connectivity index is 1.37. The van der Waals surface area contributed by atoms with Crippen LogP contribution in [-0.2, 0) is 5.41 Å². The summed E-state index contributed by atoms with van der Waals surface area (Å²) in [5, 5.41) is 10.4. The third-order valence-electron chi connectivity index (χ3n) is 9.15. The molecule has 0 saturated carbocycles. The SMILES string of the molecule is N#Cc1ccc(-c2nc(-c3cccc4c3-c3ccccc3C43c4ccccc4-c4ccccc43)nc3ccccc23)cc1. The van der Waals surface area contributed by atoms with Crippen LogP contribution < -0.4 is 0 Å². The van der Waals surface area contributed by atoms with Crippen molar-refractivity contribution >= 4 is 10.9 Å². The van der Waals surface area contributed by atoms with Gasteiger partial charge in [0.15, 0.2) is 5.82 Å². The normalized spacial score (nSPS) is 13.3. The van der Waals surface area contributed by atoms with E-state index >= 15 is 0 Å². The molecule has 6 aromatic carbocycles. The summed E-state index contributed by atoms with van der Waals surface area (Å²) in [6, 6.07) is 51.2. The van der Waals surface area contributed by atoms with Crippen molar-refractivity contribution in [2.75, 3.05) is 0 Å². The van der Waals surface area contributed by atoms with Crippen LogP contribution in [0.25, 0.3) is 55.8 Å². The number of aromatic nitrogens is 2. The number of fused-ring (bicyclic) bond motifs is 11. The molecule has 0 aliphatic heterocycles. The van der Waals surface area contributed by atoms with Gasteiger partial charge in [-0.1, -0.05) is 121 Å². The number of benzene rings is 6. The van der Waals surface area contributed by atoms with Crippen LogP contribution in [0.1, 0.15) is 27.8 Å². The van der Waals surface area contributed by atoms with Gasteiger partial charge in [-0.05, 0) is 62.7 Å². The van der Waals surface area contributed by atoms with Crippen molar-refractivity contribution in [3.05, 3.63) is 167 Å². The lowest BCUT2D eigenvalue weighted by Gasteiger charge is -2.30. The molecule has 1 spiro atoms. The minimum Gasteiger partial charge on any atom is -0.228 e. The van der Waals surface area contributed by atoms with Crippen LogP contribution in [0, 0.1) is 11.3 Å². The minimum atomic E-state index is -0.415. The molecule has 0 unspecified atom stereocenters. The monoisotopic (exact) mass is 545 g/mol. The highest BCUT2D eigenvalue weighted by atomic mass is 14.9. The molecular weight excluding hydrogens is 522 g/mol. The van der Waals surface area contributed by atoms with Crippen molar-refractivity contribution in [3.8, 4) is 51.0 Å². The largest absolute Gasteiger partial charge is 0.228 e. The van der Waals surface area contributed by atoms with Gasteiger partial charge < -0.3 is 0 Å². The van der Waals surface area contributed by atoms with Crippen LogP contribution in [0.4, 0.5) is 0 Å². The van der Waals surface area contributed by atoms with Crippen LogP contribution in [-0.4, -0.2) is 9.97 Å². The summed E-state index contributed by atoms with van der Waals surface area (Å²) in [6.45, 7) is 0. The molecule has 2 aliphatic rings. The van der Waals surface area contributed by atoms with Gasteiger partial charge in [-0.25, -0.2) is 9.97 Å². The Bertz CT molecular complexity index is 2260. The maximum atomic E-state index is 9.37. The van der Waals surface area contributed by atoms with Gasteiger partial charge in [-0.3, -0.25) is 0 Å². The zero-order valence-corrected chi connectivity index (χ0v) is 23.1. The Morgan fingerprint density at radius 3 is 1.74 bits per heavy atom. The first kappa shape index (κ1) is 23.8. The molecule has 0 atom stereocenters. The van der Waals surface area contributed by atoms with Gasteiger partial charge in [0.2, 0.25) is 0 Å². The first-order valence-corrected chi connectivity index (χ1v) is 14.5. The highest BCUT2D eigenvalue weighted by molar-refractivity contribution is 6.00. The van der Waals surface area contributed by atoms with Crippen molar-refractivity contribution in [1.29, 1.82) is 5.26 Å². The summed E-state index contributed by atoms with van der Waals surface area (Å²) in [7, 11) is 0. The van der Waals surface area contributed by atoms with Crippen molar-refractivity contribution in [1.82, 2.24) is 9.97 Å². The molecule has 2 aliphatic carbocycles. The number of rotatable bonds is 2. The molecule has 9 rings (SSSR count). The first-order chi connectivity index (χ1) is 21.3. The predicted octanol–water partition coefficient (Wildman–Crippen LogP) is 9.18. The molecule has 0 amide bonds. The van der Waals surface area contributed by atoms with Crippen LogP contribution in [0.5, 0.6) is 0 Å². The Morgan fingerprint density at radius 1 is 0.488 bits per heavy atom. The molecular formula is C40H23N3. The summed E-state index contributed by atoms with van der Waals surface area (Å²) < 4.78 is 0. The topological polar surface area (TPSA) is 49.6 Å². The lowest BCUT2D eigenvalue weighted by Crippen LogP contribution is -2.25. The summed E-state index contributed by atoms with van der Waals surface area (Å²) in [4.78, 5) is 10.4. The highest BCUT2D eigenvalue weighted by Gasteiger charge is 2.52. The molecule has 43 heavy (non-hydrogen) atoms. The Kier molecular flexibility index (Phi) is 4.89. The van der Waals surface area contributed by atoms with Crippen molar-refractivity contribution in [2.45, 2.75) is 5.41 Å². The Morgan fingerprint density at radius 2 is 1.05 bits per heavy atom. The number of para-hydroxylation sites is 1. The minimum absolute atomic E-state index is 0.415. The van der Waals surface area contributed by atoms with E-state index in [1.807, 2.05) is 36.4 Å². The van der Waals surface area contributed by atoms with E-state index in [1.54, 1.807) is 0 Å². The van der Waals surface area contributed by atoms with E-state index in [0.717, 1.165) is 27.7 Å². The average Bonchev–Trinajstić information content (AvgIpc) is 3.55. The lowest BCUT2D eigenvalue weighted by molar-refractivity contribution is 0.794. The van der Waals surface area contributed by atoms with Gasteiger partial charge in [-0.2, -0.15) is 5.26 Å². The molecule has 0 N–H and O–H groups in total. The number of hydrogen-bond acceptors (Lipinski definition) is 3. The fraction of sp³-hybridized carbons (Fsp3) is 0.0250. The molecule has 3 heteroatoms. The molecule has 7 aromatic rings. The zero-order valence-electron chi connectivity index (χ0n) is 23.1. The molecule has 3 nitrogen and oxygen atoms in total. The summed E-state index contributed by atoms with van der Waals surface area (Å²) in [6.07, 6.45) is 0. The predicted molar refractivity (Wildman–Crippen MR) is 171 cm³/mol. The smallest absolute Gasteiger partial charge is 0.161 e. The van der Waals surface area contributed by atoms with Crippen molar-refractivity contribution in [3.63, 3.8) is 0 Å². The average molecular weight is 546 g/mol. The van der Waals surface area contributed by atoms with Crippen molar-refractivity contribution in [2.24, 2.45) is 0 Å². The van der Waals surface area contributed by atoms with E-state index in [2.05, 4.69) is 109 Å². The summed E-state index contributed by atoms with van der Waals surface area (Å²) in [5.41, 5.74) is 14.1. The van der Waals surface area contributed by atoms with Gasteiger partial charge in [-0.15, -0.1) is 0 Å². The highest BCUT2D eigenvalue weighted by Crippen LogP contribution is 2.63. The molecule has 0 fully saturated rings. The van der Waals surface area contributed by atoms with Gasteiger partial charge in [0, 0.05) is 16.5 Å². The maximum absolute atomic E-state index is 9.37. The third kappa shape index (κ3) is 3.13. The van der Waals surface area contributed by atoms with Gasteiger partial charge in [0.05, 0.1) is 28.3 Å². The summed E-state index contributed by atoms with van der Waals surface area (Å²) >= 11 is 0. The standard InChI is InChI=1S/C40H23N3/c41-24-25-20-22-26(23-21-25)38-30-13-4-8-19-36(30)42-39(43-38)31-14-9-18-35-37(31)29-12-3-7-17-34(29)40(35)32-15-5-1-10-27(32)28-11-2-6-16-33(28)40/h1-23H. The lowest BCUT2D eigenvalue weighted by atomic mass is 9.70.